The first-order valence-electron chi connectivity index (χ1n) is 7.51. The fourth-order valence-electron chi connectivity index (χ4n) is 1.90. The topological polar surface area (TPSA) is 73.9 Å². The lowest BCUT2D eigenvalue weighted by Gasteiger charge is -2.14. The lowest BCUT2D eigenvalue weighted by molar-refractivity contribution is -0.155. The second-order valence-corrected chi connectivity index (χ2v) is 5.07. The van der Waals surface area contributed by atoms with Gasteiger partial charge in [-0.1, -0.05) is 12.1 Å². The molecule has 0 saturated heterocycles. The highest BCUT2D eigenvalue weighted by Crippen LogP contribution is 2.17. The number of nitrogens with one attached hydrogen (secondary N) is 1. The monoisotopic (exact) mass is 347 g/mol. The number of amides is 1. The van der Waals surface area contributed by atoms with Crippen LogP contribution in [0.25, 0.3) is 0 Å². The Morgan fingerprint density at radius 3 is 2.36 bits per heavy atom. The van der Waals surface area contributed by atoms with Crippen molar-refractivity contribution in [3.05, 3.63) is 54.3 Å². The summed E-state index contributed by atoms with van der Waals surface area (Å²) < 4.78 is 28.7. The molecule has 1 amide bonds. The van der Waals surface area contributed by atoms with Crippen molar-refractivity contribution >= 4 is 17.6 Å². The fourth-order valence-corrected chi connectivity index (χ4v) is 1.90. The Balaban J connectivity index is 1.80. The van der Waals surface area contributed by atoms with E-state index in [4.69, 9.17) is 14.2 Å². The smallest absolute Gasteiger partial charge is 0.344 e. The predicted molar refractivity (Wildman–Crippen MR) is 89.1 cm³/mol. The molecule has 25 heavy (non-hydrogen) atoms. The number of ether oxygens (including phenoxy) is 3. The Hall–Kier alpha value is -3.09. The van der Waals surface area contributed by atoms with Gasteiger partial charge in [0, 0.05) is 0 Å². The Labute approximate surface area is 144 Å². The normalized spacial score (nSPS) is 11.3. The molecule has 6 nitrogen and oxygen atoms in total. The van der Waals surface area contributed by atoms with Crippen LogP contribution in [0.2, 0.25) is 0 Å². The third-order valence-corrected chi connectivity index (χ3v) is 3.23. The van der Waals surface area contributed by atoms with Crippen LogP contribution in [-0.4, -0.2) is 31.7 Å². The number of benzene rings is 2. The zero-order chi connectivity index (χ0) is 18.2. The largest absolute Gasteiger partial charge is 0.497 e. The van der Waals surface area contributed by atoms with Crippen molar-refractivity contribution in [3.63, 3.8) is 0 Å². The number of methoxy groups -OCH3 is 1. The van der Waals surface area contributed by atoms with E-state index in [2.05, 4.69) is 5.32 Å². The molecule has 7 heteroatoms. The van der Waals surface area contributed by atoms with E-state index < -0.39 is 23.8 Å². The maximum absolute atomic E-state index is 13.5. The molecule has 0 aliphatic rings. The van der Waals surface area contributed by atoms with Gasteiger partial charge in [0.2, 0.25) is 0 Å². The van der Waals surface area contributed by atoms with Crippen molar-refractivity contribution in [2.45, 2.75) is 13.0 Å². The first-order chi connectivity index (χ1) is 12.0. The highest BCUT2D eigenvalue weighted by Gasteiger charge is 2.19. The third-order valence-electron chi connectivity index (χ3n) is 3.23. The van der Waals surface area contributed by atoms with Gasteiger partial charge in [0.25, 0.3) is 5.91 Å². The van der Waals surface area contributed by atoms with Gasteiger partial charge in [-0.3, -0.25) is 4.79 Å². The van der Waals surface area contributed by atoms with E-state index >= 15 is 0 Å². The second kappa shape index (κ2) is 8.68. The number of hydrogen-bond donors (Lipinski definition) is 1. The van der Waals surface area contributed by atoms with Crippen molar-refractivity contribution in [1.29, 1.82) is 0 Å². The predicted octanol–water partition coefficient (Wildman–Crippen LogP) is 2.78. The number of carbonyl (C=O) groups excluding carboxylic acids is 2. The summed E-state index contributed by atoms with van der Waals surface area (Å²) in [5.41, 5.74) is 0.0184. The van der Waals surface area contributed by atoms with Crippen LogP contribution in [0.15, 0.2) is 48.5 Å². The number of hydrogen-bond acceptors (Lipinski definition) is 5. The molecule has 0 saturated carbocycles. The van der Waals surface area contributed by atoms with Crippen LogP contribution >= 0.6 is 0 Å². The quantitative estimate of drug-likeness (QED) is 0.780. The molecular weight excluding hydrogens is 329 g/mol. The van der Waals surface area contributed by atoms with E-state index in [-0.39, 0.29) is 12.3 Å². The summed E-state index contributed by atoms with van der Waals surface area (Å²) in [5, 5.41) is 2.36. The van der Waals surface area contributed by atoms with Crippen LogP contribution in [0.5, 0.6) is 11.5 Å². The minimum atomic E-state index is -1.09. The molecule has 1 N–H and O–H groups in total. The Morgan fingerprint density at radius 2 is 1.72 bits per heavy atom. The van der Waals surface area contributed by atoms with E-state index in [1.54, 1.807) is 37.4 Å². The van der Waals surface area contributed by atoms with Crippen LogP contribution in [0.3, 0.4) is 0 Å². The molecule has 0 radical (unpaired) electrons. The standard InChI is InChI=1S/C18H18FNO5/c1-12(18(22)20-16-6-4-3-5-15(16)19)25-17(21)11-24-14-9-7-13(23-2)8-10-14/h3-10,12H,11H2,1-2H3,(H,20,22)/t12-/m1/s1. The first-order valence-corrected chi connectivity index (χ1v) is 7.51. The minimum absolute atomic E-state index is 0.0184. The molecule has 1 atom stereocenters. The molecule has 0 aliphatic heterocycles. The SMILES string of the molecule is COc1ccc(OCC(=O)O[C@H](C)C(=O)Nc2ccccc2F)cc1. The zero-order valence-electron chi connectivity index (χ0n) is 13.8. The van der Waals surface area contributed by atoms with Crippen molar-refractivity contribution in [2.75, 3.05) is 19.0 Å². The Kier molecular flexibility index (Phi) is 6.33. The van der Waals surface area contributed by atoms with Gasteiger partial charge >= 0.3 is 5.97 Å². The lowest BCUT2D eigenvalue weighted by Crippen LogP contribution is -2.31. The molecule has 0 unspecified atom stereocenters. The molecule has 0 spiro atoms. The van der Waals surface area contributed by atoms with E-state index in [9.17, 15) is 14.0 Å². The summed E-state index contributed by atoms with van der Waals surface area (Å²) in [5.74, 6) is -0.804. The third kappa shape index (κ3) is 5.49. The van der Waals surface area contributed by atoms with Crippen LogP contribution in [-0.2, 0) is 14.3 Å². The highest BCUT2D eigenvalue weighted by molar-refractivity contribution is 5.95. The van der Waals surface area contributed by atoms with Crippen LogP contribution in [0, 0.1) is 5.82 Å². The molecule has 2 rings (SSSR count). The molecule has 0 bridgehead atoms. The molecule has 0 aliphatic carbocycles. The van der Waals surface area contributed by atoms with Gasteiger partial charge in [-0.15, -0.1) is 0 Å². The van der Waals surface area contributed by atoms with Gasteiger partial charge in [0.05, 0.1) is 12.8 Å². The van der Waals surface area contributed by atoms with E-state index in [1.807, 2.05) is 0 Å². The average molecular weight is 347 g/mol. The molecule has 132 valence electrons. The molecule has 2 aromatic rings. The average Bonchev–Trinajstić information content (AvgIpc) is 2.62. The van der Waals surface area contributed by atoms with Crippen LogP contribution in [0.4, 0.5) is 10.1 Å². The second-order valence-electron chi connectivity index (χ2n) is 5.07. The summed E-state index contributed by atoms with van der Waals surface area (Å²) in [6, 6.07) is 12.4. The fraction of sp³-hybridized carbons (Fsp3) is 0.222. The maximum Gasteiger partial charge on any atom is 0.344 e. The first kappa shape index (κ1) is 18.3. The van der Waals surface area contributed by atoms with Gasteiger partial charge in [-0.25, -0.2) is 9.18 Å². The summed E-state index contributed by atoms with van der Waals surface area (Å²) in [7, 11) is 1.54. The summed E-state index contributed by atoms with van der Waals surface area (Å²) in [4.78, 5) is 23.7. The van der Waals surface area contributed by atoms with E-state index in [1.165, 1.54) is 25.1 Å². The van der Waals surface area contributed by atoms with Crippen molar-refractivity contribution in [2.24, 2.45) is 0 Å². The zero-order valence-corrected chi connectivity index (χ0v) is 13.8. The van der Waals surface area contributed by atoms with Crippen molar-refractivity contribution < 1.29 is 28.2 Å². The summed E-state index contributed by atoms with van der Waals surface area (Å²) in [6.45, 7) is 1.03. The molecule has 2 aromatic carbocycles. The minimum Gasteiger partial charge on any atom is -0.497 e. The van der Waals surface area contributed by atoms with Crippen molar-refractivity contribution in [1.82, 2.24) is 0 Å². The van der Waals surface area contributed by atoms with Crippen LogP contribution < -0.4 is 14.8 Å². The van der Waals surface area contributed by atoms with Crippen molar-refractivity contribution in [3.8, 4) is 11.5 Å². The maximum atomic E-state index is 13.5. The van der Waals surface area contributed by atoms with E-state index in [0.717, 1.165) is 0 Å². The highest BCUT2D eigenvalue weighted by atomic mass is 19.1. The van der Waals surface area contributed by atoms with Crippen LogP contribution in [0.1, 0.15) is 6.92 Å². The number of esters is 1. The Bertz CT molecular complexity index is 733. The van der Waals surface area contributed by atoms with E-state index in [0.29, 0.717) is 11.5 Å². The lowest BCUT2D eigenvalue weighted by atomic mass is 10.3. The molecule has 0 heterocycles. The molecule has 0 aromatic heterocycles. The number of anilines is 1. The Morgan fingerprint density at radius 1 is 1.08 bits per heavy atom. The van der Waals surface area contributed by atoms with Gasteiger partial charge in [0.15, 0.2) is 12.7 Å². The number of rotatable bonds is 7. The van der Waals surface area contributed by atoms with Gasteiger partial charge in [-0.2, -0.15) is 0 Å². The van der Waals surface area contributed by atoms with Gasteiger partial charge in [-0.05, 0) is 43.3 Å². The number of para-hydroxylation sites is 1. The summed E-state index contributed by atoms with van der Waals surface area (Å²) in [6.07, 6.45) is -1.09. The molecule has 0 fully saturated rings. The summed E-state index contributed by atoms with van der Waals surface area (Å²) >= 11 is 0. The molecular formula is C18H18FNO5. The number of halogens is 1. The number of carbonyl (C=O) groups is 2. The van der Waals surface area contributed by atoms with Gasteiger partial charge < -0.3 is 19.5 Å². The van der Waals surface area contributed by atoms with Gasteiger partial charge in [0.1, 0.15) is 17.3 Å².